The van der Waals surface area contributed by atoms with Crippen LogP contribution in [-0.2, 0) is 9.59 Å². The molecule has 1 amide bonds. The van der Waals surface area contributed by atoms with Gasteiger partial charge in [-0.15, -0.1) is 6.58 Å². The van der Waals surface area contributed by atoms with Crippen LogP contribution in [0.15, 0.2) is 43.0 Å². The standard InChI is InChI=1S/C8H10F3NO3.C8H11N/c1-3-4(2)5(6(13)14)12-7(15)8(9,10)11;1-7(9)8-5-3-2-4-6-8/h3-5H,1H2,2H3,(H,12,15)(H,13,14);2-7H,9H2,1H3/t4-,5+;7-/m00/s1. The maximum atomic E-state index is 11.8. The van der Waals surface area contributed by atoms with Crippen molar-refractivity contribution in [2.24, 2.45) is 5.92 Å². The summed E-state index contributed by atoms with van der Waals surface area (Å²) in [4.78, 5) is 20.9. The van der Waals surface area contributed by atoms with Gasteiger partial charge in [0.15, 0.2) is 0 Å². The minimum absolute atomic E-state index is 0.409. The zero-order chi connectivity index (χ0) is 18.9. The summed E-state index contributed by atoms with van der Waals surface area (Å²) in [6, 6.07) is 8.96. The Morgan fingerprint density at radius 1 is 1.25 bits per heavy atom. The van der Waals surface area contributed by atoms with Crippen molar-refractivity contribution in [1.82, 2.24) is 5.32 Å². The predicted molar refractivity (Wildman–Crippen MR) is 80.1 cm³/mol. The van der Waals surface area contributed by atoms with Crippen LogP contribution in [0.1, 0.15) is 25.5 Å². The molecule has 1 rings (SSSR count). The van der Waals surface area contributed by atoms with Crippen LogP contribution in [0.2, 0.25) is 0 Å². The van der Waals surface area contributed by atoms with Crippen molar-refractivity contribution < 1.29 is 33.6 Å². The normalized spacial score (nSPS) is 14.4. The van der Waals surface area contributed by atoms with Gasteiger partial charge in [-0.05, 0) is 12.8 Å². The Morgan fingerprint density at radius 2 is 1.75 bits per heavy atom. The number of carboxylic acids is 1. The zero-order valence-electron chi connectivity index (χ0n) is 13.5. The highest BCUT2D eigenvalue weighted by Crippen LogP contribution is 2.15. The molecule has 0 aromatic heterocycles. The Kier molecular flexibility index (Phi) is 8.76. The second-order valence-electron chi connectivity index (χ2n) is 5.17. The number of carbonyl (C=O) groups excluding carboxylic acids is 2. The van der Waals surface area contributed by atoms with E-state index >= 15 is 0 Å². The third kappa shape index (κ3) is 7.77. The number of quaternary nitrogens is 1. The summed E-state index contributed by atoms with van der Waals surface area (Å²) in [6.45, 7) is 6.60. The highest BCUT2D eigenvalue weighted by atomic mass is 19.4. The number of rotatable bonds is 5. The van der Waals surface area contributed by atoms with E-state index in [1.165, 1.54) is 17.8 Å². The topological polar surface area (TPSA) is 96.9 Å². The second kappa shape index (κ2) is 9.71. The lowest BCUT2D eigenvalue weighted by atomic mass is 10.0. The first kappa shape index (κ1) is 21.6. The molecule has 0 bridgehead atoms. The van der Waals surface area contributed by atoms with E-state index in [1.54, 1.807) is 0 Å². The second-order valence-corrected chi connectivity index (χ2v) is 5.17. The van der Waals surface area contributed by atoms with Crippen LogP contribution >= 0.6 is 0 Å². The molecule has 0 aliphatic rings. The van der Waals surface area contributed by atoms with Crippen molar-refractivity contribution in [3.05, 3.63) is 48.6 Å². The third-order valence-corrected chi connectivity index (χ3v) is 3.06. The fourth-order valence-electron chi connectivity index (χ4n) is 1.55. The van der Waals surface area contributed by atoms with Gasteiger partial charge in [0.25, 0.3) is 0 Å². The average Bonchev–Trinajstić information content (AvgIpc) is 2.51. The Balaban J connectivity index is 0.000000496. The summed E-state index contributed by atoms with van der Waals surface area (Å²) in [7, 11) is 0. The first-order chi connectivity index (χ1) is 11.0. The summed E-state index contributed by atoms with van der Waals surface area (Å²) >= 11 is 0. The zero-order valence-corrected chi connectivity index (χ0v) is 13.5. The number of carbonyl (C=O) groups is 2. The van der Waals surface area contributed by atoms with Gasteiger partial charge in [-0.25, -0.2) is 0 Å². The quantitative estimate of drug-likeness (QED) is 0.764. The molecule has 0 spiro atoms. The van der Waals surface area contributed by atoms with E-state index < -0.39 is 30.0 Å². The van der Waals surface area contributed by atoms with Crippen molar-refractivity contribution in [1.29, 1.82) is 0 Å². The molecule has 0 aliphatic heterocycles. The maximum Gasteiger partial charge on any atom is 0.471 e. The van der Waals surface area contributed by atoms with E-state index in [2.05, 4.69) is 31.4 Å². The maximum absolute atomic E-state index is 11.8. The van der Waals surface area contributed by atoms with Crippen LogP contribution in [0, 0.1) is 5.92 Å². The first-order valence-corrected chi connectivity index (χ1v) is 7.09. The monoisotopic (exact) mass is 346 g/mol. The van der Waals surface area contributed by atoms with Crippen LogP contribution in [0.25, 0.3) is 0 Å². The molecule has 0 aliphatic carbocycles. The van der Waals surface area contributed by atoms with Gasteiger partial charge in [-0.1, -0.05) is 43.3 Å². The minimum atomic E-state index is -5.12. The van der Waals surface area contributed by atoms with Crippen LogP contribution in [0.5, 0.6) is 0 Å². The van der Waals surface area contributed by atoms with Crippen LogP contribution in [0.3, 0.4) is 0 Å². The SMILES string of the molecule is C=C[C@H](C)[C@@H](NC(=O)C(F)(F)F)C(=O)[O-].C[C@H]([NH3+])c1ccccc1. The largest absolute Gasteiger partial charge is 0.548 e. The number of halogens is 3. The molecule has 24 heavy (non-hydrogen) atoms. The van der Waals surface area contributed by atoms with Gasteiger partial charge < -0.3 is 21.0 Å². The molecule has 0 heterocycles. The number of aliphatic carboxylic acids is 1. The Morgan fingerprint density at radius 3 is 2.04 bits per heavy atom. The summed E-state index contributed by atoms with van der Waals surface area (Å²) in [6.07, 6.45) is -4.01. The van der Waals surface area contributed by atoms with E-state index in [0.717, 1.165) is 6.08 Å². The van der Waals surface area contributed by atoms with E-state index in [9.17, 15) is 27.9 Å². The van der Waals surface area contributed by atoms with E-state index in [0.29, 0.717) is 6.04 Å². The smallest absolute Gasteiger partial charge is 0.471 e. The Bertz CT molecular complexity index is 545. The third-order valence-electron chi connectivity index (χ3n) is 3.06. The molecule has 1 aromatic rings. The van der Waals surface area contributed by atoms with Crippen LogP contribution in [-0.4, -0.2) is 24.1 Å². The lowest BCUT2D eigenvalue weighted by Gasteiger charge is -2.24. The summed E-state index contributed by atoms with van der Waals surface area (Å²) in [5, 5.41) is 11.7. The van der Waals surface area contributed by atoms with Gasteiger partial charge in [0, 0.05) is 5.56 Å². The molecule has 0 unspecified atom stereocenters. The fraction of sp³-hybridized carbons (Fsp3) is 0.375. The van der Waals surface area contributed by atoms with Gasteiger partial charge in [-0.3, -0.25) is 4.79 Å². The molecule has 134 valence electrons. The molecule has 3 atom stereocenters. The molecule has 0 fully saturated rings. The van der Waals surface area contributed by atoms with E-state index in [1.807, 2.05) is 18.2 Å². The average molecular weight is 346 g/mol. The summed E-state index contributed by atoms with van der Waals surface area (Å²) in [5.41, 5.74) is 5.21. The van der Waals surface area contributed by atoms with Gasteiger partial charge in [0.05, 0.1) is 12.0 Å². The lowest BCUT2D eigenvalue weighted by molar-refractivity contribution is -0.420. The number of hydrogen-bond donors (Lipinski definition) is 2. The predicted octanol–water partition coefficient (Wildman–Crippen LogP) is 0.595. The molecule has 8 heteroatoms. The lowest BCUT2D eigenvalue weighted by Crippen LogP contribution is -2.54. The molecule has 0 radical (unpaired) electrons. The number of benzene rings is 1. The number of nitrogens with one attached hydrogen (secondary N) is 1. The number of amides is 1. The molecular formula is C16H21F3N2O3. The summed E-state index contributed by atoms with van der Waals surface area (Å²) in [5.74, 6) is -4.97. The van der Waals surface area contributed by atoms with Gasteiger partial charge >= 0.3 is 12.1 Å². The van der Waals surface area contributed by atoms with Gasteiger partial charge in [-0.2, -0.15) is 13.2 Å². The van der Waals surface area contributed by atoms with Crippen LogP contribution < -0.4 is 16.2 Å². The van der Waals surface area contributed by atoms with E-state index in [-0.39, 0.29) is 0 Å². The van der Waals surface area contributed by atoms with Crippen molar-refractivity contribution in [3.63, 3.8) is 0 Å². The van der Waals surface area contributed by atoms with Crippen molar-refractivity contribution in [3.8, 4) is 0 Å². The Labute approximate surface area is 138 Å². The molecule has 1 aromatic carbocycles. The minimum Gasteiger partial charge on any atom is -0.548 e. The molecule has 0 saturated carbocycles. The fourth-order valence-corrected chi connectivity index (χ4v) is 1.55. The number of hydrogen-bond acceptors (Lipinski definition) is 3. The van der Waals surface area contributed by atoms with Crippen molar-refractivity contribution in [2.45, 2.75) is 32.1 Å². The van der Waals surface area contributed by atoms with Gasteiger partial charge in [0.1, 0.15) is 6.04 Å². The van der Waals surface area contributed by atoms with Gasteiger partial charge in [0.2, 0.25) is 0 Å². The highest BCUT2D eigenvalue weighted by Gasteiger charge is 2.40. The molecule has 0 saturated heterocycles. The highest BCUT2D eigenvalue weighted by molar-refractivity contribution is 5.86. The van der Waals surface area contributed by atoms with Crippen molar-refractivity contribution in [2.75, 3.05) is 0 Å². The summed E-state index contributed by atoms with van der Waals surface area (Å²) < 4.78 is 35.4. The first-order valence-electron chi connectivity index (χ1n) is 7.09. The molecule has 5 nitrogen and oxygen atoms in total. The molecule has 4 N–H and O–H groups in total. The van der Waals surface area contributed by atoms with Crippen LogP contribution in [0.4, 0.5) is 13.2 Å². The van der Waals surface area contributed by atoms with Crippen molar-refractivity contribution >= 4 is 11.9 Å². The van der Waals surface area contributed by atoms with E-state index in [4.69, 9.17) is 0 Å². The number of alkyl halides is 3. The molecular weight excluding hydrogens is 325 g/mol. The Hall–Kier alpha value is -2.35. The number of carboxylic acid groups (broad SMARTS) is 1.